The Morgan fingerprint density at radius 1 is 0.387 bits per heavy atom. The van der Waals surface area contributed by atoms with Crippen LogP contribution in [0.25, 0.3) is 0 Å². The SMILES string of the molecule is Cc1ccc([I+]c2ccccc2)cc1.Clc1ccc([I+]c2ccccc2)cc1.FC(F)(F)c1ccc([I+]c2ccccc2)cc1.F[B-](F)(F)F.F[B-](F)(F)F.F[P-](F)(F)(F)(F)F. The maximum absolute atomic E-state index is 12.4. The molecule has 0 radical (unpaired) electrons. The second kappa shape index (κ2) is 25.0. The van der Waals surface area contributed by atoms with Gasteiger partial charge in [0.25, 0.3) is 0 Å². The van der Waals surface area contributed by atoms with E-state index in [2.05, 4.69) is 104 Å². The molecule has 0 saturated carbocycles. The van der Waals surface area contributed by atoms with E-state index in [9.17, 15) is 72.9 Å². The molecule has 62 heavy (non-hydrogen) atoms. The van der Waals surface area contributed by atoms with E-state index < -0.39 is 34.1 Å². The van der Waals surface area contributed by atoms with Gasteiger partial charge in [-0.1, -0.05) is 83.9 Å². The predicted octanol–water partition coefficient (Wildman–Crippen LogP) is 7.41. The Balaban J connectivity index is 0.000000395. The molecule has 0 aliphatic rings. The summed E-state index contributed by atoms with van der Waals surface area (Å²) >= 11 is 5.41. The second-order valence-corrected chi connectivity index (χ2v) is 22.8. The van der Waals surface area contributed by atoms with Gasteiger partial charge in [0.1, 0.15) is 0 Å². The van der Waals surface area contributed by atoms with E-state index in [1.165, 1.54) is 23.4 Å². The molecule has 0 aromatic heterocycles. The zero-order chi connectivity index (χ0) is 47.3. The quantitative estimate of drug-likeness (QED) is 0.0707. The van der Waals surface area contributed by atoms with Crippen molar-refractivity contribution in [3.05, 3.63) is 201 Å². The Kier molecular flexibility index (Phi) is 23.1. The fourth-order valence-electron chi connectivity index (χ4n) is 3.60. The summed E-state index contributed by atoms with van der Waals surface area (Å²) in [4.78, 5) is 0. The summed E-state index contributed by atoms with van der Waals surface area (Å²) in [6, 6.07) is 53.6. The van der Waals surface area contributed by atoms with E-state index in [1.54, 1.807) is 12.1 Å². The van der Waals surface area contributed by atoms with Gasteiger partial charge in [0.2, 0.25) is 0 Å². The third kappa shape index (κ3) is 37.7. The standard InChI is InChI=1S/C13H9F3I.C13H12I.C12H9ClI.2BF4.F6P/c14-13(15,16)10-6-8-12(9-7-10)17-11-4-2-1-3-5-11;1-11-7-9-13(10-8-11)14-12-5-3-2-4-6-12;13-10-6-8-12(9-7-10)14-11-4-2-1-3-5-11;2*2-1(3,4)5;1-7(2,3,4,5)6/h1-9H;2-10H,1H3;1-9H;;;/q3*+1;3*-1. The van der Waals surface area contributed by atoms with Crippen LogP contribution < -0.4 is 63.6 Å². The van der Waals surface area contributed by atoms with Crippen LogP contribution in [-0.4, -0.2) is 14.5 Å². The summed E-state index contributed by atoms with van der Waals surface area (Å²) in [7, 11) is -22.7. The fourth-order valence-corrected chi connectivity index (χ4v) is 10.4. The number of hydrogen-bond donors (Lipinski definition) is 0. The van der Waals surface area contributed by atoms with Crippen LogP contribution in [0.4, 0.5) is 72.9 Å². The minimum absolute atomic E-state index is 0.0159. The van der Waals surface area contributed by atoms with Crippen LogP contribution in [0.2, 0.25) is 5.02 Å². The first kappa shape index (κ1) is 57.2. The van der Waals surface area contributed by atoms with Crippen molar-refractivity contribution < 1.29 is 136 Å². The first-order chi connectivity index (χ1) is 28.2. The zero-order valence-corrected chi connectivity index (χ0v) is 39.3. The van der Waals surface area contributed by atoms with Crippen molar-refractivity contribution in [3.63, 3.8) is 0 Å². The molecule has 0 bridgehead atoms. The van der Waals surface area contributed by atoms with Gasteiger partial charge in [-0.15, -0.1) is 0 Å². The fraction of sp³-hybridized carbons (Fsp3) is 0.0526. The number of halogens is 21. The first-order valence-electron chi connectivity index (χ1n) is 16.6. The average molecular weight is 1280 g/mol. The van der Waals surface area contributed by atoms with Crippen LogP contribution in [-0.2, 0) is 6.18 Å². The molecular weight excluding hydrogens is 1250 g/mol. The molecule has 0 amide bonds. The van der Waals surface area contributed by atoms with Crippen LogP contribution >= 0.6 is 19.4 Å². The minimum atomic E-state index is -10.7. The van der Waals surface area contributed by atoms with Crippen molar-refractivity contribution in [2.45, 2.75) is 13.1 Å². The van der Waals surface area contributed by atoms with Gasteiger partial charge >= 0.3 is 117 Å². The Bertz CT molecular complexity index is 2010. The molecule has 6 aromatic rings. The molecule has 0 unspecified atom stereocenters. The molecule has 0 N–H and O–H groups in total. The molecule has 0 saturated heterocycles. The molecule has 0 aliphatic carbocycles. The maximum atomic E-state index is 12.4. The van der Waals surface area contributed by atoms with Crippen molar-refractivity contribution in [1.29, 1.82) is 0 Å². The first-order valence-corrected chi connectivity index (χ1v) is 25.5. The van der Waals surface area contributed by atoms with Crippen molar-refractivity contribution in [2.24, 2.45) is 0 Å². The van der Waals surface area contributed by atoms with E-state index in [4.69, 9.17) is 11.6 Å². The van der Waals surface area contributed by atoms with Crippen LogP contribution in [0.5, 0.6) is 0 Å². The Labute approximate surface area is 381 Å². The van der Waals surface area contributed by atoms with Gasteiger partial charge in [0.15, 0.2) is 21.4 Å². The van der Waals surface area contributed by atoms with Crippen molar-refractivity contribution in [3.8, 4) is 0 Å². The average Bonchev–Trinajstić information content (AvgIpc) is 3.13. The molecule has 0 nitrogen and oxygen atoms in total. The second-order valence-electron chi connectivity index (χ2n) is 11.4. The normalized spacial score (nSPS) is 12.2. The van der Waals surface area contributed by atoms with Crippen molar-refractivity contribution in [1.82, 2.24) is 0 Å². The van der Waals surface area contributed by atoms with Crippen LogP contribution in [0, 0.1) is 28.3 Å². The van der Waals surface area contributed by atoms with E-state index in [1.807, 2.05) is 42.5 Å². The molecule has 6 aromatic carbocycles. The number of benzene rings is 6. The van der Waals surface area contributed by atoms with Crippen molar-refractivity contribution in [2.75, 3.05) is 0 Å². The summed E-state index contributed by atoms with van der Waals surface area (Å²) in [6.07, 6.45) is -4.25. The topological polar surface area (TPSA) is 0 Å². The van der Waals surface area contributed by atoms with Crippen molar-refractivity contribution >= 4 is 33.9 Å². The van der Waals surface area contributed by atoms with Gasteiger partial charge in [-0.25, -0.2) is 0 Å². The van der Waals surface area contributed by atoms with E-state index in [0.29, 0.717) is 0 Å². The number of hydrogen-bond acceptors (Lipinski definition) is 0. The predicted molar refractivity (Wildman–Crippen MR) is 200 cm³/mol. The van der Waals surface area contributed by atoms with Gasteiger partial charge in [-0.3, -0.25) is 0 Å². The summed E-state index contributed by atoms with van der Waals surface area (Å²) in [5, 5.41) is 0.811. The molecule has 24 heteroatoms. The molecule has 0 aliphatic heterocycles. The number of aryl methyl sites for hydroxylation is 1. The van der Waals surface area contributed by atoms with E-state index in [0.717, 1.165) is 20.7 Å². The van der Waals surface area contributed by atoms with Gasteiger partial charge in [-0.05, 0) is 104 Å². The van der Waals surface area contributed by atoms with Crippen LogP contribution in [0.15, 0.2) is 164 Å². The Morgan fingerprint density at radius 2 is 0.597 bits per heavy atom. The monoisotopic (exact) mass is 1280 g/mol. The molecule has 340 valence electrons. The molecular formula is C38H30B2ClF17I3P. The van der Waals surface area contributed by atoms with Gasteiger partial charge in [-0.2, -0.15) is 13.2 Å². The summed E-state index contributed by atoms with van der Waals surface area (Å²) in [6.45, 7) is 2.13. The molecule has 0 heterocycles. The zero-order valence-electron chi connectivity index (χ0n) is 31.1. The number of rotatable bonds is 6. The third-order valence-corrected chi connectivity index (χ3v) is 14.1. The van der Waals surface area contributed by atoms with Gasteiger partial charge in [0, 0.05) is 5.02 Å². The van der Waals surface area contributed by atoms with Gasteiger partial charge < -0.3 is 34.5 Å². The third-order valence-electron chi connectivity index (χ3n) is 5.84. The molecule has 6 rings (SSSR count). The number of alkyl halides is 3. The molecule has 0 atom stereocenters. The summed E-state index contributed by atoms with van der Waals surface area (Å²) < 4.78 is 182. The van der Waals surface area contributed by atoms with Crippen LogP contribution in [0.3, 0.4) is 0 Å². The molecule has 0 fully saturated rings. The van der Waals surface area contributed by atoms with Gasteiger partial charge in [0.05, 0.1) is 5.56 Å². The molecule has 0 spiro atoms. The van der Waals surface area contributed by atoms with Crippen LogP contribution in [0.1, 0.15) is 11.1 Å². The Morgan fingerprint density at radius 3 is 0.839 bits per heavy atom. The Hall–Kier alpha value is -2.83. The summed E-state index contributed by atoms with van der Waals surface area (Å²) in [5.41, 5.74) is 0.754. The van der Waals surface area contributed by atoms with E-state index >= 15 is 0 Å². The summed E-state index contributed by atoms with van der Waals surface area (Å²) in [5.74, 6) is 0. The van der Waals surface area contributed by atoms with E-state index in [-0.39, 0.29) is 63.6 Å².